The maximum Gasteiger partial charge on any atom is 0.243 e. The molecular weight excluding hydrogens is 427 g/mol. The van der Waals surface area contributed by atoms with Crippen LogP contribution in [0.5, 0.6) is 0 Å². The largest absolute Gasteiger partial charge is 0.335 e. The van der Waals surface area contributed by atoms with E-state index in [1.807, 2.05) is 4.90 Å². The minimum Gasteiger partial charge on any atom is -0.335 e. The Bertz CT molecular complexity index is 997. The van der Waals surface area contributed by atoms with Gasteiger partial charge in [-0.2, -0.15) is 4.31 Å². The third-order valence-corrected chi connectivity index (χ3v) is 8.66. The van der Waals surface area contributed by atoms with Gasteiger partial charge in [0.05, 0.1) is 4.90 Å². The highest BCUT2D eigenvalue weighted by molar-refractivity contribution is 7.89. The predicted molar refractivity (Wildman–Crippen MR) is 122 cm³/mol. The molecule has 1 heterocycles. The molecule has 5 nitrogen and oxygen atoms in total. The minimum absolute atomic E-state index is 0.109. The quantitative estimate of drug-likeness (QED) is 0.636. The first kappa shape index (κ1) is 22.9. The fourth-order valence-electron chi connectivity index (χ4n) is 4.89. The van der Waals surface area contributed by atoms with Crippen molar-refractivity contribution in [2.75, 3.05) is 13.1 Å². The Morgan fingerprint density at radius 2 is 1.53 bits per heavy atom. The van der Waals surface area contributed by atoms with Crippen LogP contribution in [-0.4, -0.2) is 42.7 Å². The van der Waals surface area contributed by atoms with E-state index in [-0.39, 0.29) is 23.7 Å². The van der Waals surface area contributed by atoms with Gasteiger partial charge in [0.1, 0.15) is 5.82 Å². The van der Waals surface area contributed by atoms with Gasteiger partial charge in [-0.05, 0) is 55.5 Å². The van der Waals surface area contributed by atoms with E-state index in [4.69, 9.17) is 0 Å². The molecule has 7 heteroatoms. The normalized spacial score (nSPS) is 19.0. The minimum atomic E-state index is -3.53. The van der Waals surface area contributed by atoms with Crippen molar-refractivity contribution in [1.82, 2.24) is 9.21 Å². The number of amides is 1. The molecular formula is C25H31FN2O3S. The Hall–Kier alpha value is -2.25. The van der Waals surface area contributed by atoms with Gasteiger partial charge in [0.25, 0.3) is 0 Å². The molecule has 0 unspecified atom stereocenters. The number of halogens is 1. The molecule has 1 aliphatic carbocycles. The van der Waals surface area contributed by atoms with E-state index >= 15 is 0 Å². The zero-order valence-corrected chi connectivity index (χ0v) is 19.1. The lowest BCUT2D eigenvalue weighted by atomic mass is 9.90. The summed E-state index contributed by atoms with van der Waals surface area (Å²) in [5.74, 6) is -0.353. The van der Waals surface area contributed by atoms with Crippen molar-refractivity contribution in [1.29, 1.82) is 0 Å². The van der Waals surface area contributed by atoms with E-state index in [0.29, 0.717) is 37.4 Å². The van der Waals surface area contributed by atoms with E-state index in [1.165, 1.54) is 22.9 Å². The molecule has 1 saturated heterocycles. The molecule has 2 aromatic carbocycles. The molecule has 2 aliphatic rings. The summed E-state index contributed by atoms with van der Waals surface area (Å²) in [6.45, 7) is 1.18. The summed E-state index contributed by atoms with van der Waals surface area (Å²) in [5.41, 5.74) is 0.925. The second kappa shape index (κ2) is 10.1. The Morgan fingerprint density at radius 3 is 2.16 bits per heavy atom. The number of hydrogen-bond acceptors (Lipinski definition) is 3. The number of carbonyl (C=O) groups excluding carboxylic acids is 1. The topological polar surface area (TPSA) is 57.7 Å². The standard InChI is InChI=1S/C25H31FN2O3S/c26-22-13-11-20(12-14-22)19-28(23-7-3-1-4-8-23)25(29)21-15-17-27(18-16-21)32(30,31)24-9-5-2-6-10-24/h2,5-6,9-14,21,23H,1,3-4,7-8,15-19H2. The molecule has 1 aliphatic heterocycles. The van der Waals surface area contributed by atoms with Gasteiger partial charge in [0, 0.05) is 31.6 Å². The van der Waals surface area contributed by atoms with Gasteiger partial charge < -0.3 is 4.90 Å². The zero-order chi connectivity index (χ0) is 22.6. The fourth-order valence-corrected chi connectivity index (χ4v) is 6.38. The second-order valence-corrected chi connectivity index (χ2v) is 10.8. The van der Waals surface area contributed by atoms with Crippen molar-refractivity contribution in [3.8, 4) is 0 Å². The lowest BCUT2D eigenvalue weighted by Gasteiger charge is -2.39. The number of benzene rings is 2. The molecule has 4 rings (SSSR count). The zero-order valence-electron chi connectivity index (χ0n) is 18.3. The smallest absolute Gasteiger partial charge is 0.243 e. The summed E-state index contributed by atoms with van der Waals surface area (Å²) >= 11 is 0. The molecule has 0 bridgehead atoms. The van der Waals surface area contributed by atoms with Crippen molar-refractivity contribution in [2.45, 2.75) is 62.4 Å². The average molecular weight is 459 g/mol. The molecule has 32 heavy (non-hydrogen) atoms. The van der Waals surface area contributed by atoms with Crippen LogP contribution < -0.4 is 0 Å². The van der Waals surface area contributed by atoms with Gasteiger partial charge in [0.2, 0.25) is 15.9 Å². The third kappa shape index (κ3) is 5.21. The molecule has 1 amide bonds. The van der Waals surface area contributed by atoms with Crippen LogP contribution in [-0.2, 0) is 21.4 Å². The fraction of sp³-hybridized carbons (Fsp3) is 0.480. The predicted octanol–water partition coefficient (Wildman–Crippen LogP) is 4.59. The first-order chi connectivity index (χ1) is 15.4. The summed E-state index contributed by atoms with van der Waals surface area (Å²) in [4.78, 5) is 15.9. The first-order valence-electron chi connectivity index (χ1n) is 11.6. The maximum absolute atomic E-state index is 13.6. The Morgan fingerprint density at radius 1 is 0.906 bits per heavy atom. The Kier molecular flexibility index (Phi) is 7.26. The van der Waals surface area contributed by atoms with E-state index in [2.05, 4.69) is 0 Å². The number of hydrogen-bond donors (Lipinski definition) is 0. The Labute approximate surface area is 190 Å². The van der Waals surface area contributed by atoms with Crippen LogP contribution in [0.4, 0.5) is 4.39 Å². The summed E-state index contributed by atoms with van der Waals surface area (Å²) in [7, 11) is -3.53. The monoisotopic (exact) mass is 458 g/mol. The molecule has 2 aromatic rings. The highest BCUT2D eigenvalue weighted by atomic mass is 32.2. The van der Waals surface area contributed by atoms with Gasteiger partial charge in [-0.15, -0.1) is 0 Å². The van der Waals surface area contributed by atoms with Crippen molar-refractivity contribution < 1.29 is 17.6 Å². The van der Waals surface area contributed by atoms with Crippen molar-refractivity contribution in [2.24, 2.45) is 5.92 Å². The third-order valence-electron chi connectivity index (χ3n) is 6.75. The van der Waals surface area contributed by atoms with Crippen LogP contribution in [0, 0.1) is 11.7 Å². The number of carbonyl (C=O) groups is 1. The van der Waals surface area contributed by atoms with E-state index in [9.17, 15) is 17.6 Å². The molecule has 1 saturated carbocycles. The average Bonchev–Trinajstić information content (AvgIpc) is 2.84. The summed E-state index contributed by atoms with van der Waals surface area (Å²) < 4.78 is 40.7. The maximum atomic E-state index is 13.6. The van der Waals surface area contributed by atoms with Crippen molar-refractivity contribution in [3.63, 3.8) is 0 Å². The SMILES string of the molecule is O=C(C1CCN(S(=O)(=O)c2ccccc2)CC1)N(Cc1ccc(F)cc1)C1CCCCC1. The first-order valence-corrected chi connectivity index (χ1v) is 13.0. The molecule has 0 N–H and O–H groups in total. The summed E-state index contributed by atoms with van der Waals surface area (Å²) in [6, 6.07) is 15.0. The molecule has 2 fully saturated rings. The van der Waals surface area contributed by atoms with E-state index in [1.54, 1.807) is 42.5 Å². The van der Waals surface area contributed by atoms with E-state index < -0.39 is 10.0 Å². The lowest BCUT2D eigenvalue weighted by molar-refractivity contribution is -0.140. The summed E-state index contributed by atoms with van der Waals surface area (Å²) in [5, 5.41) is 0. The highest BCUT2D eigenvalue weighted by Gasteiger charge is 2.36. The van der Waals surface area contributed by atoms with Crippen LogP contribution in [0.15, 0.2) is 59.5 Å². The van der Waals surface area contributed by atoms with Crippen molar-refractivity contribution in [3.05, 3.63) is 66.0 Å². The number of piperidine rings is 1. The van der Waals surface area contributed by atoms with Crippen molar-refractivity contribution >= 4 is 15.9 Å². The number of rotatable bonds is 6. The van der Waals surface area contributed by atoms with Gasteiger partial charge in [-0.1, -0.05) is 49.6 Å². The van der Waals surface area contributed by atoms with Crippen LogP contribution >= 0.6 is 0 Å². The van der Waals surface area contributed by atoms with Gasteiger partial charge in [-0.3, -0.25) is 4.79 Å². The van der Waals surface area contributed by atoms with Crippen LogP contribution in [0.25, 0.3) is 0 Å². The van der Waals surface area contributed by atoms with Crippen LogP contribution in [0.1, 0.15) is 50.5 Å². The molecule has 172 valence electrons. The van der Waals surface area contributed by atoms with Crippen LogP contribution in [0.3, 0.4) is 0 Å². The molecule has 0 radical (unpaired) electrons. The number of sulfonamides is 1. The second-order valence-electron chi connectivity index (χ2n) is 8.88. The van der Waals surface area contributed by atoms with Gasteiger partial charge in [0.15, 0.2) is 0 Å². The summed E-state index contributed by atoms with van der Waals surface area (Å²) in [6.07, 6.45) is 6.47. The lowest BCUT2D eigenvalue weighted by Crippen LogP contribution is -2.47. The highest BCUT2D eigenvalue weighted by Crippen LogP contribution is 2.30. The van der Waals surface area contributed by atoms with Gasteiger partial charge in [-0.25, -0.2) is 12.8 Å². The molecule has 0 spiro atoms. The van der Waals surface area contributed by atoms with Gasteiger partial charge >= 0.3 is 0 Å². The molecule has 0 atom stereocenters. The van der Waals surface area contributed by atoms with Crippen LogP contribution in [0.2, 0.25) is 0 Å². The Balaban J connectivity index is 1.45. The molecule has 0 aromatic heterocycles. The number of nitrogens with zero attached hydrogens (tertiary/aromatic N) is 2. The van der Waals surface area contributed by atoms with E-state index in [0.717, 1.165) is 31.2 Å².